The van der Waals surface area contributed by atoms with E-state index in [2.05, 4.69) is 47.4 Å². The predicted molar refractivity (Wildman–Crippen MR) is 72.8 cm³/mol. The molecule has 0 bridgehead atoms. The molecule has 0 saturated carbocycles. The minimum Gasteiger partial charge on any atom is -0.349 e. The molecule has 0 atom stereocenters. The van der Waals surface area contributed by atoms with Gasteiger partial charge >= 0.3 is 0 Å². The summed E-state index contributed by atoms with van der Waals surface area (Å²) < 4.78 is 4.33. The van der Waals surface area contributed by atoms with Crippen molar-refractivity contribution in [2.24, 2.45) is 0 Å². The van der Waals surface area contributed by atoms with Gasteiger partial charge < -0.3 is 5.32 Å². The maximum absolute atomic E-state index is 4.48. The van der Waals surface area contributed by atoms with Crippen LogP contribution in [0.25, 0.3) is 0 Å². The molecule has 0 saturated heterocycles. The Balaban J connectivity index is 2.14. The molecule has 92 valence electrons. The van der Waals surface area contributed by atoms with E-state index in [9.17, 15) is 0 Å². The second kappa shape index (κ2) is 4.70. The summed E-state index contributed by atoms with van der Waals surface area (Å²) in [6.45, 7) is 8.39. The van der Waals surface area contributed by atoms with Crippen molar-refractivity contribution in [3.05, 3.63) is 22.4 Å². The molecule has 6 heteroatoms. The van der Waals surface area contributed by atoms with Gasteiger partial charge in [0.15, 0.2) is 0 Å². The molecule has 0 aliphatic heterocycles. The highest BCUT2D eigenvalue weighted by molar-refractivity contribution is 7.10. The van der Waals surface area contributed by atoms with Crippen LogP contribution in [0.3, 0.4) is 0 Å². The summed E-state index contributed by atoms with van der Waals surface area (Å²) in [4.78, 5) is 8.82. The lowest BCUT2D eigenvalue weighted by Gasteiger charge is -2.22. The Kier molecular flexibility index (Phi) is 3.44. The van der Waals surface area contributed by atoms with E-state index in [1.165, 1.54) is 11.5 Å². The zero-order valence-corrected chi connectivity index (χ0v) is 12.0. The molecule has 2 rings (SSSR count). The second-order valence-electron chi connectivity index (χ2n) is 4.70. The molecule has 4 nitrogen and oxygen atoms in total. The largest absolute Gasteiger partial charge is 0.349 e. The van der Waals surface area contributed by atoms with Gasteiger partial charge in [-0.25, -0.2) is 9.97 Å². The molecule has 0 aromatic carbocycles. The molecule has 2 aromatic heterocycles. The van der Waals surface area contributed by atoms with Crippen LogP contribution in [-0.2, 0) is 5.54 Å². The van der Waals surface area contributed by atoms with Crippen molar-refractivity contribution in [3.8, 4) is 0 Å². The predicted octanol–water partition coefficient (Wildman–Crippen LogP) is 3.47. The Bertz CT molecular complexity index is 473. The van der Waals surface area contributed by atoms with Gasteiger partial charge in [-0.1, -0.05) is 13.8 Å². The Morgan fingerprint density at radius 2 is 2.12 bits per heavy atom. The molecule has 0 aliphatic rings. The first kappa shape index (κ1) is 12.4. The number of hydrogen-bond donors (Lipinski definition) is 1. The lowest BCUT2D eigenvalue weighted by molar-refractivity contribution is 0.602. The highest BCUT2D eigenvalue weighted by Gasteiger charge is 2.24. The highest BCUT2D eigenvalue weighted by atomic mass is 32.1. The Hall–Kier alpha value is -1.01. The van der Waals surface area contributed by atoms with Gasteiger partial charge in [-0.05, 0) is 13.8 Å². The third kappa shape index (κ3) is 2.81. The van der Waals surface area contributed by atoms with Crippen LogP contribution in [0.5, 0.6) is 0 Å². The third-order valence-electron chi connectivity index (χ3n) is 2.34. The van der Waals surface area contributed by atoms with E-state index in [0.29, 0.717) is 5.92 Å². The minimum atomic E-state index is -0.206. The molecule has 0 fully saturated rings. The number of thiazole rings is 1. The van der Waals surface area contributed by atoms with E-state index in [4.69, 9.17) is 0 Å². The fraction of sp³-hybridized carbons (Fsp3) is 0.545. The molecule has 0 amide bonds. The van der Waals surface area contributed by atoms with Crippen molar-refractivity contribution < 1.29 is 0 Å². The Labute approximate surface area is 109 Å². The standard InChI is InChI=1S/C11H16N4S2/c1-7(2)8-13-10(17-15-8)14-11(3,4)9-12-5-6-16-9/h5-7H,1-4H3,(H,13,14,15). The zero-order valence-electron chi connectivity index (χ0n) is 10.4. The van der Waals surface area contributed by atoms with E-state index < -0.39 is 0 Å². The highest BCUT2D eigenvalue weighted by Crippen LogP contribution is 2.28. The van der Waals surface area contributed by atoms with Crippen molar-refractivity contribution >= 4 is 28.0 Å². The van der Waals surface area contributed by atoms with E-state index in [1.807, 2.05) is 11.6 Å². The van der Waals surface area contributed by atoms with Crippen molar-refractivity contribution in [3.63, 3.8) is 0 Å². The first-order valence-corrected chi connectivity index (χ1v) is 7.16. The number of anilines is 1. The molecular weight excluding hydrogens is 252 g/mol. The van der Waals surface area contributed by atoms with E-state index >= 15 is 0 Å². The number of hydrogen-bond acceptors (Lipinski definition) is 6. The minimum absolute atomic E-state index is 0.206. The van der Waals surface area contributed by atoms with Crippen LogP contribution in [0, 0.1) is 0 Å². The van der Waals surface area contributed by atoms with Crippen LogP contribution in [0.15, 0.2) is 11.6 Å². The molecule has 0 unspecified atom stereocenters. The van der Waals surface area contributed by atoms with Crippen LogP contribution in [0.4, 0.5) is 5.13 Å². The summed E-state index contributed by atoms with van der Waals surface area (Å²) >= 11 is 3.05. The summed E-state index contributed by atoms with van der Waals surface area (Å²) in [6, 6.07) is 0. The van der Waals surface area contributed by atoms with Gasteiger partial charge in [0, 0.05) is 29.0 Å². The molecule has 0 aliphatic carbocycles. The topological polar surface area (TPSA) is 50.7 Å². The van der Waals surface area contributed by atoms with Crippen LogP contribution >= 0.6 is 22.9 Å². The van der Waals surface area contributed by atoms with Crippen molar-refractivity contribution in [1.82, 2.24) is 14.3 Å². The van der Waals surface area contributed by atoms with E-state index in [1.54, 1.807) is 11.3 Å². The normalized spacial score (nSPS) is 12.1. The average molecular weight is 268 g/mol. The van der Waals surface area contributed by atoms with Crippen molar-refractivity contribution in [2.45, 2.75) is 39.2 Å². The Morgan fingerprint density at radius 1 is 1.35 bits per heavy atom. The molecule has 0 radical (unpaired) electrons. The van der Waals surface area contributed by atoms with Crippen LogP contribution < -0.4 is 5.32 Å². The maximum Gasteiger partial charge on any atom is 0.203 e. The number of nitrogens with one attached hydrogen (secondary N) is 1. The lowest BCUT2D eigenvalue weighted by Crippen LogP contribution is -2.27. The quantitative estimate of drug-likeness (QED) is 0.922. The fourth-order valence-electron chi connectivity index (χ4n) is 1.37. The molecule has 2 aromatic rings. The van der Waals surface area contributed by atoms with Gasteiger partial charge in [-0.3, -0.25) is 0 Å². The molecule has 0 spiro atoms. The van der Waals surface area contributed by atoms with Crippen LogP contribution in [0.1, 0.15) is 44.4 Å². The fourth-order valence-corrected chi connectivity index (χ4v) is 2.96. The summed E-state index contributed by atoms with van der Waals surface area (Å²) in [6.07, 6.45) is 1.82. The SMILES string of the molecule is CC(C)c1nsc(NC(C)(C)c2nccs2)n1. The summed E-state index contributed by atoms with van der Waals surface area (Å²) in [5, 5.41) is 7.28. The summed E-state index contributed by atoms with van der Waals surface area (Å²) in [5.74, 6) is 1.26. The smallest absolute Gasteiger partial charge is 0.203 e. The van der Waals surface area contributed by atoms with Gasteiger partial charge in [0.05, 0.1) is 5.54 Å². The summed E-state index contributed by atoms with van der Waals surface area (Å²) in [7, 11) is 0. The molecule has 2 heterocycles. The lowest BCUT2D eigenvalue weighted by atomic mass is 10.1. The van der Waals surface area contributed by atoms with Crippen molar-refractivity contribution in [1.29, 1.82) is 0 Å². The number of nitrogens with zero attached hydrogens (tertiary/aromatic N) is 3. The molecule has 17 heavy (non-hydrogen) atoms. The number of rotatable bonds is 4. The van der Waals surface area contributed by atoms with Crippen molar-refractivity contribution in [2.75, 3.05) is 5.32 Å². The zero-order chi connectivity index (χ0) is 12.5. The first-order chi connectivity index (χ1) is 7.99. The second-order valence-corrected chi connectivity index (χ2v) is 6.35. The van der Waals surface area contributed by atoms with Crippen LogP contribution in [-0.4, -0.2) is 14.3 Å². The third-order valence-corrected chi connectivity index (χ3v) is 4.09. The van der Waals surface area contributed by atoms with Gasteiger partial charge in [0.1, 0.15) is 10.8 Å². The van der Waals surface area contributed by atoms with Gasteiger partial charge in [-0.15, -0.1) is 11.3 Å². The van der Waals surface area contributed by atoms with Gasteiger partial charge in [-0.2, -0.15) is 4.37 Å². The van der Waals surface area contributed by atoms with Crippen LogP contribution in [0.2, 0.25) is 0 Å². The van der Waals surface area contributed by atoms with E-state index in [0.717, 1.165) is 16.0 Å². The van der Waals surface area contributed by atoms with Gasteiger partial charge in [0.2, 0.25) is 5.13 Å². The monoisotopic (exact) mass is 268 g/mol. The van der Waals surface area contributed by atoms with Gasteiger partial charge in [0.25, 0.3) is 0 Å². The maximum atomic E-state index is 4.48. The Morgan fingerprint density at radius 3 is 2.65 bits per heavy atom. The molecule has 1 N–H and O–H groups in total. The number of aromatic nitrogens is 3. The van der Waals surface area contributed by atoms with E-state index in [-0.39, 0.29) is 5.54 Å². The molecular formula is C11H16N4S2. The average Bonchev–Trinajstić information content (AvgIpc) is 2.85. The first-order valence-electron chi connectivity index (χ1n) is 5.51. The summed E-state index contributed by atoms with van der Waals surface area (Å²) in [5.41, 5.74) is -0.206.